The van der Waals surface area contributed by atoms with Crippen molar-refractivity contribution in [3.63, 3.8) is 0 Å². The average Bonchev–Trinajstić information content (AvgIpc) is 2.48. The second-order valence-electron chi connectivity index (χ2n) is 6.04. The molecule has 5 heteroatoms. The Morgan fingerprint density at radius 1 is 0.955 bits per heavy atom. The lowest BCUT2D eigenvalue weighted by molar-refractivity contribution is 0.584. The molecule has 1 N–H and O–H groups in total. The van der Waals surface area contributed by atoms with Crippen molar-refractivity contribution in [2.24, 2.45) is 5.10 Å². The summed E-state index contributed by atoms with van der Waals surface area (Å²) >= 11 is 0. The van der Waals surface area contributed by atoms with Crippen molar-refractivity contribution in [2.45, 2.75) is 31.1 Å². The van der Waals surface area contributed by atoms with Crippen LogP contribution >= 0.6 is 0 Å². The fourth-order valence-corrected chi connectivity index (χ4v) is 2.70. The maximum Gasteiger partial charge on any atom is 0.276 e. The first-order valence-electron chi connectivity index (χ1n) is 6.99. The zero-order valence-corrected chi connectivity index (χ0v) is 13.8. The van der Waals surface area contributed by atoms with Crippen LogP contribution in [0.4, 0.5) is 0 Å². The third kappa shape index (κ3) is 4.18. The van der Waals surface area contributed by atoms with Gasteiger partial charge in [-0.25, -0.2) is 4.83 Å². The van der Waals surface area contributed by atoms with Crippen LogP contribution in [-0.2, 0) is 15.4 Å². The minimum Gasteiger partial charge on any atom is -0.200 e. The Labute approximate surface area is 131 Å². The van der Waals surface area contributed by atoms with Crippen LogP contribution in [0.2, 0.25) is 0 Å². The summed E-state index contributed by atoms with van der Waals surface area (Å²) in [6, 6.07) is 16.0. The molecule has 0 saturated carbocycles. The van der Waals surface area contributed by atoms with Gasteiger partial charge in [0.2, 0.25) is 0 Å². The van der Waals surface area contributed by atoms with E-state index < -0.39 is 10.0 Å². The minimum absolute atomic E-state index is 0.0879. The summed E-state index contributed by atoms with van der Waals surface area (Å²) in [5.74, 6) is 0. The van der Waals surface area contributed by atoms with E-state index in [2.05, 4.69) is 30.7 Å². The maximum absolute atomic E-state index is 12.0. The van der Waals surface area contributed by atoms with Gasteiger partial charge in [0.25, 0.3) is 10.0 Å². The van der Waals surface area contributed by atoms with E-state index in [9.17, 15) is 8.42 Å². The molecule has 4 nitrogen and oxygen atoms in total. The fraction of sp³-hybridized carbons (Fsp3) is 0.235. The van der Waals surface area contributed by atoms with Crippen molar-refractivity contribution in [1.29, 1.82) is 0 Å². The van der Waals surface area contributed by atoms with Gasteiger partial charge in [0.15, 0.2) is 0 Å². The van der Waals surface area contributed by atoms with Crippen molar-refractivity contribution in [2.75, 3.05) is 0 Å². The Morgan fingerprint density at radius 2 is 1.55 bits per heavy atom. The Balaban J connectivity index is 2.07. The smallest absolute Gasteiger partial charge is 0.200 e. The van der Waals surface area contributed by atoms with Crippen LogP contribution in [0.15, 0.2) is 64.6 Å². The first-order chi connectivity index (χ1) is 10.3. The molecule has 0 heterocycles. The van der Waals surface area contributed by atoms with Crippen molar-refractivity contribution < 1.29 is 8.42 Å². The Kier molecular flexibility index (Phi) is 4.66. The van der Waals surface area contributed by atoms with Crippen LogP contribution in [0.5, 0.6) is 0 Å². The van der Waals surface area contributed by atoms with E-state index in [1.54, 1.807) is 18.2 Å². The van der Waals surface area contributed by atoms with Gasteiger partial charge in [0.1, 0.15) is 0 Å². The Hall–Kier alpha value is -2.14. The van der Waals surface area contributed by atoms with Crippen LogP contribution in [0.25, 0.3) is 0 Å². The van der Waals surface area contributed by atoms with Gasteiger partial charge >= 0.3 is 0 Å². The highest BCUT2D eigenvalue weighted by Gasteiger charge is 2.13. The Morgan fingerprint density at radius 3 is 2.09 bits per heavy atom. The van der Waals surface area contributed by atoms with Crippen LogP contribution in [0.1, 0.15) is 31.9 Å². The zero-order chi connectivity index (χ0) is 16.2. The molecule has 0 amide bonds. The molecule has 0 aliphatic heterocycles. The standard InChI is InChI=1S/C17H20N2O2S/c1-17(2,3)15-11-9-14(10-12-15)13-18-19-22(20,21)16-7-5-4-6-8-16/h4-13,19H,1-3H3. The van der Waals surface area contributed by atoms with Crippen molar-refractivity contribution >= 4 is 16.2 Å². The van der Waals surface area contributed by atoms with E-state index in [-0.39, 0.29) is 10.3 Å². The molecule has 0 spiro atoms. The molecular weight excluding hydrogens is 296 g/mol. The predicted octanol–water partition coefficient (Wildman–Crippen LogP) is 3.30. The summed E-state index contributed by atoms with van der Waals surface area (Å²) in [4.78, 5) is 2.40. The topological polar surface area (TPSA) is 58.5 Å². The van der Waals surface area contributed by atoms with E-state index in [4.69, 9.17) is 0 Å². The molecule has 22 heavy (non-hydrogen) atoms. The number of benzene rings is 2. The van der Waals surface area contributed by atoms with Crippen molar-refractivity contribution in [1.82, 2.24) is 4.83 Å². The monoisotopic (exact) mass is 316 g/mol. The molecule has 0 unspecified atom stereocenters. The molecule has 2 aromatic carbocycles. The summed E-state index contributed by atoms with van der Waals surface area (Å²) in [5, 5.41) is 3.82. The first kappa shape index (κ1) is 16.2. The highest BCUT2D eigenvalue weighted by molar-refractivity contribution is 7.89. The predicted molar refractivity (Wildman–Crippen MR) is 89.5 cm³/mol. The van der Waals surface area contributed by atoms with E-state index in [0.717, 1.165) is 5.56 Å². The summed E-state index contributed by atoms with van der Waals surface area (Å²) in [5.41, 5.74) is 2.14. The molecule has 0 bridgehead atoms. The van der Waals surface area contributed by atoms with Gasteiger partial charge in [0, 0.05) is 0 Å². The number of nitrogens with zero attached hydrogens (tertiary/aromatic N) is 1. The van der Waals surface area contributed by atoms with E-state index >= 15 is 0 Å². The number of hydrogen-bond acceptors (Lipinski definition) is 3. The second-order valence-corrected chi connectivity index (χ2v) is 7.70. The number of hydrazone groups is 1. The lowest BCUT2D eigenvalue weighted by atomic mass is 9.87. The summed E-state index contributed by atoms with van der Waals surface area (Å²) in [6.07, 6.45) is 1.49. The minimum atomic E-state index is -3.61. The van der Waals surface area contributed by atoms with Gasteiger partial charge < -0.3 is 0 Å². The number of sulfonamides is 1. The van der Waals surface area contributed by atoms with Crippen LogP contribution in [0, 0.1) is 0 Å². The SMILES string of the molecule is CC(C)(C)c1ccc(C=NNS(=O)(=O)c2ccccc2)cc1. The largest absolute Gasteiger partial charge is 0.276 e. The number of hydrogen-bond donors (Lipinski definition) is 1. The highest BCUT2D eigenvalue weighted by atomic mass is 32.2. The number of rotatable bonds is 4. The molecule has 2 aromatic rings. The first-order valence-corrected chi connectivity index (χ1v) is 8.48. The third-order valence-electron chi connectivity index (χ3n) is 3.22. The van der Waals surface area contributed by atoms with Gasteiger partial charge in [-0.05, 0) is 28.7 Å². The van der Waals surface area contributed by atoms with Gasteiger partial charge in [-0.15, -0.1) is 0 Å². The molecule has 0 aromatic heterocycles. The average molecular weight is 316 g/mol. The van der Waals surface area contributed by atoms with Crippen molar-refractivity contribution in [3.05, 3.63) is 65.7 Å². The summed E-state index contributed by atoms with van der Waals surface area (Å²) in [7, 11) is -3.61. The van der Waals surface area contributed by atoms with Crippen LogP contribution in [-0.4, -0.2) is 14.6 Å². The third-order valence-corrected chi connectivity index (χ3v) is 4.46. The fourth-order valence-electron chi connectivity index (χ4n) is 1.89. The van der Waals surface area contributed by atoms with E-state index in [1.807, 2.05) is 24.3 Å². The molecule has 0 aliphatic rings. The molecule has 116 valence electrons. The van der Waals surface area contributed by atoms with Gasteiger partial charge in [-0.2, -0.15) is 13.5 Å². The lowest BCUT2D eigenvalue weighted by Crippen LogP contribution is -2.18. The maximum atomic E-state index is 12.0. The molecular formula is C17H20N2O2S. The molecule has 0 atom stereocenters. The highest BCUT2D eigenvalue weighted by Crippen LogP contribution is 2.21. The molecule has 0 saturated heterocycles. The van der Waals surface area contributed by atoms with Crippen LogP contribution in [0.3, 0.4) is 0 Å². The quantitative estimate of drug-likeness (QED) is 0.695. The molecule has 2 rings (SSSR count). The summed E-state index contributed by atoms with van der Waals surface area (Å²) in [6.45, 7) is 6.43. The lowest BCUT2D eigenvalue weighted by Gasteiger charge is -2.18. The van der Waals surface area contributed by atoms with Gasteiger partial charge in [0.05, 0.1) is 11.1 Å². The normalized spacial score (nSPS) is 12.5. The van der Waals surface area contributed by atoms with Crippen molar-refractivity contribution in [3.8, 4) is 0 Å². The van der Waals surface area contributed by atoms with Gasteiger partial charge in [-0.3, -0.25) is 0 Å². The summed E-state index contributed by atoms with van der Waals surface area (Å²) < 4.78 is 24.0. The Bertz CT molecular complexity index is 743. The van der Waals surface area contributed by atoms with E-state index in [1.165, 1.54) is 23.9 Å². The molecule has 0 radical (unpaired) electrons. The molecule has 0 aliphatic carbocycles. The van der Waals surface area contributed by atoms with E-state index in [0.29, 0.717) is 0 Å². The zero-order valence-electron chi connectivity index (χ0n) is 12.9. The number of nitrogens with one attached hydrogen (secondary N) is 1. The second kappa shape index (κ2) is 6.32. The molecule has 0 fully saturated rings. The van der Waals surface area contributed by atoms with Crippen LogP contribution < -0.4 is 4.83 Å². The van der Waals surface area contributed by atoms with Gasteiger partial charge in [-0.1, -0.05) is 63.2 Å².